The van der Waals surface area contributed by atoms with Gasteiger partial charge in [0.1, 0.15) is 23.0 Å². The van der Waals surface area contributed by atoms with Crippen molar-refractivity contribution in [3.8, 4) is 23.0 Å². The molecule has 0 fully saturated rings. The van der Waals surface area contributed by atoms with E-state index in [0.29, 0.717) is 17.2 Å². The van der Waals surface area contributed by atoms with Crippen molar-refractivity contribution >= 4 is 23.8 Å². The van der Waals surface area contributed by atoms with Crippen molar-refractivity contribution in [3.63, 3.8) is 0 Å². The van der Waals surface area contributed by atoms with E-state index >= 15 is 0 Å². The van der Waals surface area contributed by atoms with Crippen molar-refractivity contribution in [1.29, 1.82) is 0 Å². The van der Waals surface area contributed by atoms with Crippen molar-refractivity contribution in [2.75, 3.05) is 21.3 Å². The quantitative estimate of drug-likeness (QED) is 0.679. The summed E-state index contributed by atoms with van der Waals surface area (Å²) in [5.41, 5.74) is 0. The molecule has 0 spiro atoms. The highest BCUT2D eigenvalue weighted by Gasteiger charge is 2.29. The molecule has 0 radical (unpaired) electrons. The minimum Gasteiger partial charge on any atom is -0.507 e. The monoisotopic (exact) mass is 368 g/mol. The molecule has 0 aliphatic rings. The average Bonchev–Trinajstić information content (AvgIpc) is 2.70. The van der Waals surface area contributed by atoms with Crippen LogP contribution in [0.5, 0.6) is 23.0 Å². The maximum atomic E-state index is 10.7. The second kappa shape index (κ2) is 8.11. The highest BCUT2D eigenvalue weighted by Crippen LogP contribution is 2.45. The van der Waals surface area contributed by atoms with Crippen LogP contribution in [0, 0.1) is 0 Å². The molecule has 0 saturated heterocycles. The molecule has 0 heterocycles. The van der Waals surface area contributed by atoms with Gasteiger partial charge < -0.3 is 19.3 Å². The number of benzene rings is 3. The minimum absolute atomic E-state index is 0.187. The third-order valence-electron chi connectivity index (χ3n) is 4.06. The zero-order chi connectivity index (χ0) is 18.5. The zero-order valence-corrected chi connectivity index (χ0v) is 15.9. The first-order valence-corrected chi connectivity index (χ1v) is 9.47. The van der Waals surface area contributed by atoms with E-state index in [1.54, 1.807) is 33.5 Å². The van der Waals surface area contributed by atoms with Gasteiger partial charge in [-0.3, -0.25) is 0 Å². The molecule has 0 aliphatic heterocycles. The Morgan fingerprint density at radius 2 is 1.12 bits per heavy atom. The lowest BCUT2D eigenvalue weighted by molar-refractivity contribution is 0.401. The van der Waals surface area contributed by atoms with E-state index in [1.807, 2.05) is 54.6 Å². The highest BCUT2D eigenvalue weighted by molar-refractivity contribution is 7.80. The second-order valence-electron chi connectivity index (χ2n) is 5.51. The highest BCUT2D eigenvalue weighted by atomic mass is 31.1. The van der Waals surface area contributed by atoms with Crippen LogP contribution in [0.3, 0.4) is 0 Å². The van der Waals surface area contributed by atoms with Crippen LogP contribution in [0.1, 0.15) is 0 Å². The Morgan fingerprint density at radius 1 is 0.615 bits per heavy atom. The largest absolute Gasteiger partial charge is 0.507 e. The van der Waals surface area contributed by atoms with Gasteiger partial charge in [0.05, 0.1) is 31.9 Å². The van der Waals surface area contributed by atoms with Gasteiger partial charge in [-0.1, -0.05) is 42.5 Å². The molecular formula is C21H21O4P. The van der Waals surface area contributed by atoms with E-state index in [9.17, 15) is 5.11 Å². The van der Waals surface area contributed by atoms with Crippen molar-refractivity contribution in [3.05, 3.63) is 66.7 Å². The summed E-state index contributed by atoms with van der Waals surface area (Å²) in [6.45, 7) is 0. The predicted octanol–water partition coefficient (Wildman–Crippen LogP) is 3.18. The molecule has 4 nitrogen and oxygen atoms in total. The standard InChI is InChI=1S/C21H21O4P/c1-23-17-12-7-11-16(22)20(17)26(15-9-5-4-6-10-15)21-18(24-2)13-8-14-19(21)25-3/h4-14,22H,1-3H3. The van der Waals surface area contributed by atoms with Crippen LogP contribution in [0.2, 0.25) is 0 Å². The van der Waals surface area contributed by atoms with Gasteiger partial charge in [-0.25, -0.2) is 0 Å². The summed E-state index contributed by atoms with van der Waals surface area (Å²) in [5, 5.41) is 13.4. The molecule has 5 heteroatoms. The molecule has 3 aromatic carbocycles. The summed E-state index contributed by atoms with van der Waals surface area (Å²) in [7, 11) is 3.71. The first-order valence-electron chi connectivity index (χ1n) is 8.13. The molecule has 3 aromatic rings. The molecule has 1 unspecified atom stereocenters. The number of methoxy groups -OCH3 is 3. The third-order valence-corrected chi connectivity index (χ3v) is 6.66. The van der Waals surface area contributed by atoms with E-state index < -0.39 is 7.92 Å². The fourth-order valence-electron chi connectivity index (χ4n) is 2.90. The number of hydrogen-bond acceptors (Lipinski definition) is 4. The number of rotatable bonds is 6. The summed E-state index contributed by atoms with van der Waals surface area (Å²) >= 11 is 0. The Bertz CT molecular complexity index is 858. The Hall–Kier alpha value is -2.71. The molecule has 0 aliphatic carbocycles. The molecule has 0 aromatic heterocycles. The Balaban J connectivity index is 2.36. The van der Waals surface area contributed by atoms with Crippen molar-refractivity contribution < 1.29 is 19.3 Å². The summed E-state index contributed by atoms with van der Waals surface area (Å²) in [4.78, 5) is 0. The van der Waals surface area contributed by atoms with Crippen molar-refractivity contribution in [2.24, 2.45) is 0 Å². The van der Waals surface area contributed by atoms with Crippen LogP contribution in [0.25, 0.3) is 0 Å². The second-order valence-corrected chi connectivity index (χ2v) is 7.59. The fraction of sp³-hybridized carbons (Fsp3) is 0.143. The summed E-state index contributed by atoms with van der Waals surface area (Å²) in [5.74, 6) is 2.24. The number of aromatic hydroxyl groups is 1. The van der Waals surface area contributed by atoms with Gasteiger partial charge in [-0.15, -0.1) is 0 Å². The van der Waals surface area contributed by atoms with Crippen molar-refractivity contribution in [2.45, 2.75) is 0 Å². The molecule has 26 heavy (non-hydrogen) atoms. The summed E-state index contributed by atoms with van der Waals surface area (Å²) in [6.07, 6.45) is 0. The SMILES string of the molecule is COc1cccc(O)c1P(c1ccccc1)c1c(OC)cccc1OC. The Labute approximate surface area is 154 Å². The maximum Gasteiger partial charge on any atom is 0.130 e. The zero-order valence-electron chi connectivity index (χ0n) is 15.0. The van der Waals surface area contributed by atoms with E-state index in [-0.39, 0.29) is 5.75 Å². The van der Waals surface area contributed by atoms with Crippen LogP contribution in [-0.4, -0.2) is 26.4 Å². The fourth-order valence-corrected chi connectivity index (χ4v) is 5.57. The topological polar surface area (TPSA) is 47.9 Å². The Kier molecular flexibility index (Phi) is 5.65. The molecule has 1 atom stereocenters. The van der Waals surface area contributed by atoms with E-state index in [4.69, 9.17) is 14.2 Å². The number of ether oxygens (including phenoxy) is 3. The maximum absolute atomic E-state index is 10.7. The van der Waals surface area contributed by atoms with Gasteiger partial charge in [0.15, 0.2) is 0 Å². The molecule has 0 amide bonds. The average molecular weight is 368 g/mol. The van der Waals surface area contributed by atoms with Crippen LogP contribution in [0.4, 0.5) is 0 Å². The molecule has 3 rings (SSSR count). The lowest BCUT2D eigenvalue weighted by Crippen LogP contribution is -2.24. The number of phenols is 1. The van der Waals surface area contributed by atoms with E-state index in [2.05, 4.69) is 0 Å². The number of phenolic OH excluding ortho intramolecular Hbond substituents is 1. The smallest absolute Gasteiger partial charge is 0.130 e. The van der Waals surface area contributed by atoms with Gasteiger partial charge in [0, 0.05) is 7.92 Å². The lowest BCUT2D eigenvalue weighted by atomic mass is 10.3. The minimum atomic E-state index is -1.17. The van der Waals surface area contributed by atoms with Gasteiger partial charge in [-0.05, 0) is 29.6 Å². The molecule has 134 valence electrons. The first-order chi connectivity index (χ1) is 12.7. The lowest BCUT2D eigenvalue weighted by Gasteiger charge is -2.25. The van der Waals surface area contributed by atoms with Gasteiger partial charge >= 0.3 is 0 Å². The van der Waals surface area contributed by atoms with Crippen LogP contribution < -0.4 is 30.1 Å². The third kappa shape index (κ3) is 3.33. The van der Waals surface area contributed by atoms with Crippen molar-refractivity contribution in [1.82, 2.24) is 0 Å². The first kappa shape index (κ1) is 18.1. The van der Waals surface area contributed by atoms with Crippen LogP contribution >= 0.6 is 7.92 Å². The number of hydrogen-bond donors (Lipinski definition) is 1. The predicted molar refractivity (Wildman–Crippen MR) is 106 cm³/mol. The molecule has 0 bridgehead atoms. The molecule has 1 N–H and O–H groups in total. The summed E-state index contributed by atoms with van der Waals surface area (Å²) < 4.78 is 16.8. The Morgan fingerprint density at radius 3 is 1.65 bits per heavy atom. The van der Waals surface area contributed by atoms with Gasteiger partial charge in [0.25, 0.3) is 0 Å². The van der Waals surface area contributed by atoms with Crippen LogP contribution in [-0.2, 0) is 0 Å². The summed E-state index contributed by atoms with van der Waals surface area (Å²) in [6, 6.07) is 21.0. The normalized spacial score (nSPS) is 11.7. The van der Waals surface area contributed by atoms with E-state index in [0.717, 1.165) is 15.9 Å². The van der Waals surface area contributed by atoms with Crippen LogP contribution in [0.15, 0.2) is 66.7 Å². The van der Waals surface area contributed by atoms with Gasteiger partial charge in [-0.2, -0.15) is 0 Å². The van der Waals surface area contributed by atoms with Gasteiger partial charge in [0.2, 0.25) is 0 Å². The van der Waals surface area contributed by atoms with E-state index in [1.165, 1.54) is 0 Å². The molecular weight excluding hydrogens is 347 g/mol. The molecule has 0 saturated carbocycles.